The van der Waals surface area contributed by atoms with Crippen molar-refractivity contribution in [1.29, 1.82) is 0 Å². The quantitative estimate of drug-likeness (QED) is 0.882. The van der Waals surface area contributed by atoms with Crippen LogP contribution < -0.4 is 5.32 Å². The van der Waals surface area contributed by atoms with Crippen LogP contribution in [0.15, 0.2) is 54.6 Å². The van der Waals surface area contributed by atoms with Crippen LogP contribution in [-0.2, 0) is 16.1 Å². The van der Waals surface area contributed by atoms with Gasteiger partial charge < -0.3 is 10.2 Å². The molecule has 0 fully saturated rings. The Labute approximate surface area is 130 Å². The molecule has 0 aliphatic carbocycles. The standard InChI is InChI=1S/C18H20N2O2/c1-3-20(13-15-9-5-4-6-10-15)18(22)17(21)19-16-11-7-8-14(2)12-16/h4-12H,3,13H2,1-2H3,(H,19,21). The van der Waals surface area contributed by atoms with Gasteiger partial charge in [-0.25, -0.2) is 0 Å². The fourth-order valence-electron chi connectivity index (χ4n) is 2.18. The van der Waals surface area contributed by atoms with Gasteiger partial charge in [-0.15, -0.1) is 0 Å². The average molecular weight is 296 g/mol. The summed E-state index contributed by atoms with van der Waals surface area (Å²) < 4.78 is 0. The van der Waals surface area contributed by atoms with Crippen LogP contribution in [0, 0.1) is 6.92 Å². The third-order valence-corrected chi connectivity index (χ3v) is 3.36. The summed E-state index contributed by atoms with van der Waals surface area (Å²) in [5, 5.41) is 2.65. The number of hydrogen-bond donors (Lipinski definition) is 1. The molecule has 2 aromatic rings. The van der Waals surface area contributed by atoms with Gasteiger partial charge in [0.15, 0.2) is 0 Å². The highest BCUT2D eigenvalue weighted by Crippen LogP contribution is 2.10. The lowest BCUT2D eigenvalue weighted by molar-refractivity contribution is -0.143. The monoisotopic (exact) mass is 296 g/mol. The highest BCUT2D eigenvalue weighted by atomic mass is 16.2. The Hall–Kier alpha value is -2.62. The second-order valence-corrected chi connectivity index (χ2v) is 5.13. The number of rotatable bonds is 4. The molecule has 0 spiro atoms. The van der Waals surface area contributed by atoms with Crippen molar-refractivity contribution in [3.05, 3.63) is 65.7 Å². The molecular formula is C18H20N2O2. The zero-order valence-corrected chi connectivity index (χ0v) is 12.9. The van der Waals surface area contributed by atoms with Crippen LogP contribution in [0.5, 0.6) is 0 Å². The summed E-state index contributed by atoms with van der Waals surface area (Å²) in [5.41, 5.74) is 2.66. The topological polar surface area (TPSA) is 49.4 Å². The van der Waals surface area contributed by atoms with Gasteiger partial charge in [0.2, 0.25) is 0 Å². The van der Waals surface area contributed by atoms with Crippen molar-refractivity contribution >= 4 is 17.5 Å². The van der Waals surface area contributed by atoms with E-state index in [4.69, 9.17) is 0 Å². The third kappa shape index (κ3) is 4.19. The van der Waals surface area contributed by atoms with Crippen LogP contribution in [0.2, 0.25) is 0 Å². The summed E-state index contributed by atoms with van der Waals surface area (Å²) in [6.07, 6.45) is 0. The third-order valence-electron chi connectivity index (χ3n) is 3.36. The second-order valence-electron chi connectivity index (χ2n) is 5.13. The van der Waals surface area contributed by atoms with Crippen molar-refractivity contribution in [2.45, 2.75) is 20.4 Å². The van der Waals surface area contributed by atoms with Crippen molar-refractivity contribution in [3.8, 4) is 0 Å². The molecule has 0 aromatic heterocycles. The van der Waals surface area contributed by atoms with Gasteiger partial charge in [-0.05, 0) is 37.1 Å². The summed E-state index contributed by atoms with van der Waals surface area (Å²) in [6, 6.07) is 17.0. The molecule has 0 heterocycles. The van der Waals surface area contributed by atoms with Crippen molar-refractivity contribution in [2.75, 3.05) is 11.9 Å². The normalized spacial score (nSPS) is 10.1. The van der Waals surface area contributed by atoms with E-state index in [1.807, 2.05) is 62.4 Å². The number of carbonyl (C=O) groups is 2. The van der Waals surface area contributed by atoms with E-state index in [9.17, 15) is 9.59 Å². The molecule has 2 rings (SSSR count). The number of benzene rings is 2. The number of anilines is 1. The number of amides is 2. The first kappa shape index (κ1) is 15.8. The molecule has 1 N–H and O–H groups in total. The Bertz CT molecular complexity index is 653. The van der Waals surface area contributed by atoms with Crippen molar-refractivity contribution < 1.29 is 9.59 Å². The van der Waals surface area contributed by atoms with Crippen LogP contribution in [-0.4, -0.2) is 23.3 Å². The number of aryl methyl sites for hydroxylation is 1. The molecule has 114 valence electrons. The summed E-state index contributed by atoms with van der Waals surface area (Å²) >= 11 is 0. The molecule has 0 aliphatic heterocycles. The number of nitrogens with zero attached hydrogens (tertiary/aromatic N) is 1. The highest BCUT2D eigenvalue weighted by Gasteiger charge is 2.20. The fraction of sp³-hybridized carbons (Fsp3) is 0.222. The van der Waals surface area contributed by atoms with Crippen LogP contribution >= 0.6 is 0 Å². The van der Waals surface area contributed by atoms with Crippen LogP contribution in [0.25, 0.3) is 0 Å². The fourth-order valence-corrected chi connectivity index (χ4v) is 2.18. The Balaban J connectivity index is 2.03. The molecule has 0 bridgehead atoms. The van der Waals surface area contributed by atoms with Gasteiger partial charge in [0, 0.05) is 18.8 Å². The van der Waals surface area contributed by atoms with Gasteiger partial charge in [-0.2, -0.15) is 0 Å². The number of carbonyl (C=O) groups excluding carboxylic acids is 2. The van der Waals surface area contributed by atoms with E-state index < -0.39 is 11.8 Å². The summed E-state index contributed by atoms with van der Waals surface area (Å²) in [7, 11) is 0. The highest BCUT2D eigenvalue weighted by molar-refractivity contribution is 6.39. The largest absolute Gasteiger partial charge is 0.330 e. The second kappa shape index (κ2) is 7.41. The lowest BCUT2D eigenvalue weighted by Crippen LogP contribution is -2.39. The van der Waals surface area contributed by atoms with E-state index in [1.54, 1.807) is 6.07 Å². The Morgan fingerprint density at radius 2 is 1.77 bits per heavy atom. The van der Waals surface area contributed by atoms with Crippen molar-refractivity contribution in [2.24, 2.45) is 0 Å². The first-order valence-corrected chi connectivity index (χ1v) is 7.31. The van der Waals surface area contributed by atoms with Gasteiger partial charge in [0.25, 0.3) is 0 Å². The molecule has 0 saturated carbocycles. The van der Waals surface area contributed by atoms with Crippen LogP contribution in [0.1, 0.15) is 18.1 Å². The summed E-state index contributed by atoms with van der Waals surface area (Å²) in [5.74, 6) is -1.13. The summed E-state index contributed by atoms with van der Waals surface area (Å²) in [6.45, 7) is 4.71. The molecule has 0 aliphatic rings. The van der Waals surface area contributed by atoms with Gasteiger partial charge in [0.1, 0.15) is 0 Å². The van der Waals surface area contributed by atoms with Gasteiger partial charge in [-0.1, -0.05) is 42.5 Å². The number of likely N-dealkylation sites (N-methyl/N-ethyl adjacent to an activating group) is 1. The first-order chi connectivity index (χ1) is 10.6. The molecular weight excluding hydrogens is 276 g/mol. The smallest absolute Gasteiger partial charge is 0.313 e. The van der Waals surface area contributed by atoms with E-state index in [1.165, 1.54) is 4.90 Å². The lowest BCUT2D eigenvalue weighted by atomic mass is 10.2. The summed E-state index contributed by atoms with van der Waals surface area (Å²) in [4.78, 5) is 25.9. The van der Waals surface area contributed by atoms with E-state index >= 15 is 0 Å². The Morgan fingerprint density at radius 1 is 1.05 bits per heavy atom. The molecule has 2 aromatic carbocycles. The Kier molecular flexibility index (Phi) is 5.31. The lowest BCUT2D eigenvalue weighted by Gasteiger charge is -2.20. The predicted octanol–water partition coefficient (Wildman–Crippen LogP) is 2.98. The van der Waals surface area contributed by atoms with E-state index in [0.29, 0.717) is 18.8 Å². The molecule has 0 unspecified atom stereocenters. The zero-order valence-electron chi connectivity index (χ0n) is 12.9. The maximum atomic E-state index is 12.3. The SMILES string of the molecule is CCN(Cc1ccccc1)C(=O)C(=O)Nc1cccc(C)c1. The van der Waals surface area contributed by atoms with Crippen LogP contribution in [0.4, 0.5) is 5.69 Å². The maximum absolute atomic E-state index is 12.3. The predicted molar refractivity (Wildman–Crippen MR) is 87.3 cm³/mol. The maximum Gasteiger partial charge on any atom is 0.313 e. The van der Waals surface area contributed by atoms with Crippen molar-refractivity contribution in [1.82, 2.24) is 4.90 Å². The molecule has 22 heavy (non-hydrogen) atoms. The molecule has 0 saturated heterocycles. The number of nitrogens with one attached hydrogen (secondary N) is 1. The minimum atomic E-state index is -0.608. The average Bonchev–Trinajstić information content (AvgIpc) is 2.53. The van der Waals surface area contributed by atoms with E-state index in [2.05, 4.69) is 5.32 Å². The van der Waals surface area contributed by atoms with E-state index in [-0.39, 0.29) is 0 Å². The molecule has 0 radical (unpaired) electrons. The molecule has 4 heteroatoms. The first-order valence-electron chi connectivity index (χ1n) is 7.31. The molecule has 4 nitrogen and oxygen atoms in total. The Morgan fingerprint density at radius 3 is 2.41 bits per heavy atom. The van der Waals surface area contributed by atoms with Crippen molar-refractivity contribution in [3.63, 3.8) is 0 Å². The van der Waals surface area contributed by atoms with Gasteiger partial charge in [0.05, 0.1) is 0 Å². The van der Waals surface area contributed by atoms with E-state index in [0.717, 1.165) is 11.1 Å². The van der Waals surface area contributed by atoms with Gasteiger partial charge in [-0.3, -0.25) is 9.59 Å². The zero-order chi connectivity index (χ0) is 15.9. The molecule has 0 atom stereocenters. The molecule has 2 amide bonds. The minimum absolute atomic E-state index is 0.428. The minimum Gasteiger partial charge on any atom is -0.330 e. The number of hydrogen-bond acceptors (Lipinski definition) is 2. The van der Waals surface area contributed by atoms with Crippen LogP contribution in [0.3, 0.4) is 0 Å². The van der Waals surface area contributed by atoms with Gasteiger partial charge >= 0.3 is 11.8 Å².